The van der Waals surface area contributed by atoms with E-state index >= 15 is 0 Å². The summed E-state index contributed by atoms with van der Waals surface area (Å²) in [6, 6.07) is 15.9. The van der Waals surface area contributed by atoms with E-state index in [1.165, 1.54) is 18.4 Å². The second-order valence-electron chi connectivity index (χ2n) is 10.1. The van der Waals surface area contributed by atoms with Crippen molar-refractivity contribution in [2.24, 2.45) is 5.92 Å². The van der Waals surface area contributed by atoms with Crippen molar-refractivity contribution in [3.8, 4) is 5.75 Å². The number of amides is 2. The van der Waals surface area contributed by atoms with Crippen LogP contribution in [0.5, 0.6) is 5.75 Å². The average molecular weight is 459 g/mol. The van der Waals surface area contributed by atoms with Gasteiger partial charge in [0, 0.05) is 18.3 Å². The molecule has 5 nitrogen and oxygen atoms in total. The first kappa shape index (κ1) is 22.7. The van der Waals surface area contributed by atoms with Gasteiger partial charge < -0.3 is 9.64 Å². The predicted octanol–water partition coefficient (Wildman–Crippen LogP) is 5.59. The van der Waals surface area contributed by atoms with Crippen molar-refractivity contribution in [3.63, 3.8) is 0 Å². The molecule has 3 aliphatic rings. The number of carbonyl (C=O) groups excluding carboxylic acids is 2. The third kappa shape index (κ3) is 4.24. The molecule has 2 amide bonds. The van der Waals surface area contributed by atoms with E-state index in [0.717, 1.165) is 49.1 Å². The van der Waals surface area contributed by atoms with Crippen molar-refractivity contribution in [3.05, 3.63) is 65.4 Å². The van der Waals surface area contributed by atoms with E-state index in [1.54, 1.807) is 4.90 Å². The van der Waals surface area contributed by atoms with Gasteiger partial charge in [-0.3, -0.25) is 14.5 Å². The summed E-state index contributed by atoms with van der Waals surface area (Å²) in [6.07, 6.45) is 7.17. The first-order valence-electron chi connectivity index (χ1n) is 12.8. The van der Waals surface area contributed by atoms with Crippen LogP contribution >= 0.6 is 0 Å². The van der Waals surface area contributed by atoms with Crippen molar-refractivity contribution in [1.29, 1.82) is 0 Å². The molecular formula is C29H34N2O3. The topological polar surface area (TPSA) is 49.9 Å². The monoisotopic (exact) mass is 458 g/mol. The Balaban J connectivity index is 1.54. The van der Waals surface area contributed by atoms with E-state index < -0.39 is 0 Å². The minimum atomic E-state index is -0.146. The molecular weight excluding hydrogens is 424 g/mol. The molecule has 2 heterocycles. The van der Waals surface area contributed by atoms with Gasteiger partial charge in [0.2, 0.25) is 0 Å². The second kappa shape index (κ2) is 9.65. The second-order valence-corrected chi connectivity index (χ2v) is 10.1. The summed E-state index contributed by atoms with van der Waals surface area (Å²) < 4.78 is 5.85. The van der Waals surface area contributed by atoms with Crippen LogP contribution in [0.4, 0.5) is 5.69 Å². The highest BCUT2D eigenvalue weighted by Crippen LogP contribution is 2.40. The fourth-order valence-corrected chi connectivity index (χ4v) is 5.44. The number of ether oxygens (including phenoxy) is 1. The Morgan fingerprint density at radius 2 is 1.62 bits per heavy atom. The van der Waals surface area contributed by atoms with E-state index in [2.05, 4.69) is 30.9 Å². The summed E-state index contributed by atoms with van der Waals surface area (Å²) in [5, 5.41) is 0. The number of benzene rings is 2. The minimum absolute atomic E-state index is 0.0125. The van der Waals surface area contributed by atoms with Crippen molar-refractivity contribution in [1.82, 2.24) is 4.90 Å². The molecule has 178 valence electrons. The molecule has 0 radical (unpaired) electrons. The summed E-state index contributed by atoms with van der Waals surface area (Å²) >= 11 is 0. The molecule has 0 bridgehead atoms. The van der Waals surface area contributed by atoms with Gasteiger partial charge >= 0.3 is 0 Å². The molecule has 5 rings (SSSR count). The number of rotatable bonds is 6. The molecule has 5 heteroatoms. The highest BCUT2D eigenvalue weighted by Gasteiger charge is 2.45. The van der Waals surface area contributed by atoms with Crippen molar-refractivity contribution in [2.75, 3.05) is 18.1 Å². The summed E-state index contributed by atoms with van der Waals surface area (Å²) in [7, 11) is 0. The summed E-state index contributed by atoms with van der Waals surface area (Å²) in [6.45, 7) is 5.59. The van der Waals surface area contributed by atoms with Gasteiger partial charge in [0.05, 0.1) is 12.2 Å². The number of para-hydroxylation sites is 1. The molecule has 0 N–H and O–H groups in total. The van der Waals surface area contributed by atoms with Gasteiger partial charge in [-0.2, -0.15) is 0 Å². The zero-order valence-electron chi connectivity index (χ0n) is 20.3. The van der Waals surface area contributed by atoms with E-state index in [4.69, 9.17) is 4.74 Å². The Morgan fingerprint density at radius 3 is 2.32 bits per heavy atom. The standard InChI is InChI=1S/C29H34N2O3/c1-20(2)19-34-24-15-13-22(14-16-24)26-27(30-18-17-21-9-7-8-12-25(21)30)29(33)31(28(26)32)23-10-5-3-4-6-11-23/h7-9,12-16,20,23H,3-6,10-11,17-19H2,1-2H3. The molecule has 1 aliphatic carbocycles. The zero-order chi connectivity index (χ0) is 23.7. The summed E-state index contributed by atoms with van der Waals surface area (Å²) in [5.41, 5.74) is 4.11. The lowest BCUT2D eigenvalue weighted by Crippen LogP contribution is -2.42. The van der Waals surface area contributed by atoms with Crippen LogP contribution in [-0.4, -0.2) is 35.9 Å². The van der Waals surface area contributed by atoms with Crippen LogP contribution in [0.25, 0.3) is 5.57 Å². The van der Waals surface area contributed by atoms with Gasteiger partial charge in [-0.05, 0) is 54.5 Å². The van der Waals surface area contributed by atoms with Gasteiger partial charge in [0.25, 0.3) is 11.8 Å². The van der Waals surface area contributed by atoms with Crippen LogP contribution in [-0.2, 0) is 16.0 Å². The maximum Gasteiger partial charge on any atom is 0.278 e. The van der Waals surface area contributed by atoms with Gasteiger partial charge in [0.15, 0.2) is 0 Å². The maximum absolute atomic E-state index is 13.9. The van der Waals surface area contributed by atoms with Crippen LogP contribution in [0, 0.1) is 5.92 Å². The Hall–Kier alpha value is -3.08. The van der Waals surface area contributed by atoms with E-state index in [0.29, 0.717) is 30.3 Å². The Morgan fingerprint density at radius 1 is 0.912 bits per heavy atom. The molecule has 1 fully saturated rings. The van der Waals surface area contributed by atoms with Gasteiger partial charge in [0.1, 0.15) is 11.4 Å². The number of fused-ring (bicyclic) bond motifs is 1. The van der Waals surface area contributed by atoms with Gasteiger partial charge in [-0.1, -0.05) is 69.9 Å². The lowest BCUT2D eigenvalue weighted by molar-refractivity contribution is -0.139. The van der Waals surface area contributed by atoms with Gasteiger partial charge in [-0.25, -0.2) is 0 Å². The van der Waals surface area contributed by atoms with Crippen molar-refractivity contribution >= 4 is 23.1 Å². The largest absolute Gasteiger partial charge is 0.493 e. The highest BCUT2D eigenvalue weighted by atomic mass is 16.5. The number of imide groups is 1. The molecule has 2 aromatic carbocycles. The van der Waals surface area contributed by atoms with Crippen molar-refractivity contribution in [2.45, 2.75) is 64.8 Å². The summed E-state index contributed by atoms with van der Waals surface area (Å²) in [4.78, 5) is 31.5. The number of nitrogens with zero attached hydrogens (tertiary/aromatic N) is 2. The third-order valence-electron chi connectivity index (χ3n) is 7.16. The average Bonchev–Trinajstić information content (AvgIpc) is 3.23. The number of anilines is 1. The molecule has 2 aliphatic heterocycles. The Labute approximate surface area is 202 Å². The fourth-order valence-electron chi connectivity index (χ4n) is 5.44. The smallest absolute Gasteiger partial charge is 0.278 e. The van der Waals surface area contributed by atoms with Crippen LogP contribution < -0.4 is 9.64 Å². The molecule has 34 heavy (non-hydrogen) atoms. The minimum Gasteiger partial charge on any atom is -0.493 e. The van der Waals surface area contributed by atoms with Crippen LogP contribution in [0.2, 0.25) is 0 Å². The maximum atomic E-state index is 13.9. The fraction of sp³-hybridized carbons (Fsp3) is 0.448. The molecule has 0 atom stereocenters. The number of hydrogen-bond acceptors (Lipinski definition) is 4. The molecule has 1 saturated carbocycles. The first-order valence-corrected chi connectivity index (χ1v) is 12.8. The summed E-state index contributed by atoms with van der Waals surface area (Å²) in [5.74, 6) is 0.936. The molecule has 2 aromatic rings. The number of hydrogen-bond donors (Lipinski definition) is 0. The van der Waals surface area contributed by atoms with E-state index in [1.807, 2.05) is 36.4 Å². The predicted molar refractivity (Wildman–Crippen MR) is 135 cm³/mol. The highest BCUT2D eigenvalue weighted by molar-refractivity contribution is 6.37. The molecule has 0 aromatic heterocycles. The van der Waals surface area contributed by atoms with E-state index in [-0.39, 0.29) is 17.9 Å². The van der Waals surface area contributed by atoms with Crippen LogP contribution in [0.1, 0.15) is 63.5 Å². The normalized spacial score (nSPS) is 19.3. The Bertz CT molecular complexity index is 1090. The van der Waals surface area contributed by atoms with Crippen molar-refractivity contribution < 1.29 is 14.3 Å². The lowest BCUT2D eigenvalue weighted by atomic mass is 10.0. The Kier molecular flexibility index (Phi) is 6.44. The first-order chi connectivity index (χ1) is 16.5. The van der Waals surface area contributed by atoms with Crippen LogP contribution in [0.3, 0.4) is 0 Å². The SMILES string of the molecule is CC(C)COc1ccc(C2=C(N3CCc4ccccc43)C(=O)N(C3CCCCCC3)C2=O)cc1. The lowest BCUT2D eigenvalue weighted by Gasteiger charge is -2.27. The molecule has 0 spiro atoms. The van der Waals surface area contributed by atoms with E-state index in [9.17, 15) is 9.59 Å². The van der Waals surface area contributed by atoms with Crippen LogP contribution in [0.15, 0.2) is 54.2 Å². The van der Waals surface area contributed by atoms with Gasteiger partial charge in [-0.15, -0.1) is 0 Å². The zero-order valence-corrected chi connectivity index (χ0v) is 20.3. The number of carbonyl (C=O) groups is 2. The third-order valence-corrected chi connectivity index (χ3v) is 7.16. The quantitative estimate of drug-likeness (QED) is 0.418. The molecule has 0 saturated heterocycles. The molecule has 0 unspecified atom stereocenters.